The van der Waals surface area contributed by atoms with E-state index in [4.69, 9.17) is 13.8 Å². The molecule has 0 N–H and O–H groups in total. The topological polar surface area (TPSA) is 47.8 Å². The van der Waals surface area contributed by atoms with Crippen molar-refractivity contribution in [2.45, 2.75) is 51.7 Å². The minimum Gasteiger partial charge on any atom is -0.497 e. The van der Waals surface area contributed by atoms with Gasteiger partial charge in [0.2, 0.25) is 0 Å². The quantitative estimate of drug-likeness (QED) is 0.433. The molecule has 27 heavy (non-hydrogen) atoms. The molecule has 3 rings (SSSR count). The van der Waals surface area contributed by atoms with Crippen LogP contribution in [0.5, 0.6) is 5.75 Å². The van der Waals surface area contributed by atoms with Crippen LogP contribution >= 0.6 is 7.60 Å². The van der Waals surface area contributed by atoms with Gasteiger partial charge in [-0.15, -0.1) is 0 Å². The molecule has 0 spiro atoms. The van der Waals surface area contributed by atoms with Crippen molar-refractivity contribution in [3.05, 3.63) is 60.2 Å². The van der Waals surface area contributed by atoms with Crippen LogP contribution in [0.15, 0.2) is 54.6 Å². The van der Waals surface area contributed by atoms with Crippen molar-refractivity contribution in [2.75, 3.05) is 12.0 Å². The molecule has 0 bridgehead atoms. The third-order valence-corrected chi connectivity index (χ3v) is 6.94. The van der Waals surface area contributed by atoms with Gasteiger partial charge >= 0.3 is 7.60 Å². The highest BCUT2D eigenvalue weighted by Gasteiger charge is 2.61. The summed E-state index contributed by atoms with van der Waals surface area (Å²) >= 11 is 0. The van der Waals surface area contributed by atoms with E-state index in [0.29, 0.717) is 0 Å². The van der Waals surface area contributed by atoms with E-state index in [1.165, 1.54) is 0 Å². The second kappa shape index (κ2) is 8.05. The molecule has 0 aromatic heterocycles. The summed E-state index contributed by atoms with van der Waals surface area (Å²) in [5.74, 6) is 0.437. The monoisotopic (exact) mass is 389 g/mol. The predicted molar refractivity (Wildman–Crippen MR) is 108 cm³/mol. The lowest BCUT2D eigenvalue weighted by atomic mass is 10.1. The van der Waals surface area contributed by atoms with Gasteiger partial charge in [0.1, 0.15) is 5.75 Å². The minimum atomic E-state index is -3.36. The van der Waals surface area contributed by atoms with E-state index in [-0.39, 0.29) is 24.0 Å². The Hall–Kier alpha value is -1.81. The van der Waals surface area contributed by atoms with Gasteiger partial charge in [0.15, 0.2) is 5.78 Å². The van der Waals surface area contributed by atoms with E-state index in [9.17, 15) is 4.57 Å². The van der Waals surface area contributed by atoms with Gasteiger partial charge < -0.3 is 18.7 Å². The standard InChI is InChI=1S/C21H28NO4P/c1-15(2)25-27(23,26-16(3)4)21-20(17-9-7-6-8-10-17)22(21)18-11-13-19(24-5)14-12-18/h6-16,20-21H,1-5H3/t20-,21+,22?/m0/s1. The van der Waals surface area contributed by atoms with Crippen molar-refractivity contribution in [1.29, 1.82) is 0 Å². The Morgan fingerprint density at radius 1 is 0.889 bits per heavy atom. The highest BCUT2D eigenvalue weighted by Crippen LogP contribution is 2.69. The molecular formula is C21H28NO4P. The fourth-order valence-electron chi connectivity index (χ4n) is 3.33. The zero-order valence-corrected chi connectivity index (χ0v) is 17.4. The molecule has 2 aromatic rings. The largest absolute Gasteiger partial charge is 0.497 e. The average Bonchev–Trinajstić information content (AvgIpc) is 3.38. The van der Waals surface area contributed by atoms with Gasteiger partial charge in [-0.1, -0.05) is 30.3 Å². The average molecular weight is 389 g/mol. The van der Waals surface area contributed by atoms with E-state index in [1.54, 1.807) is 7.11 Å². The van der Waals surface area contributed by atoms with E-state index in [2.05, 4.69) is 17.0 Å². The number of nitrogens with zero attached hydrogens (tertiary/aromatic N) is 1. The molecule has 0 aliphatic carbocycles. The van der Waals surface area contributed by atoms with Gasteiger partial charge in [-0.2, -0.15) is 0 Å². The summed E-state index contributed by atoms with van der Waals surface area (Å²) in [6, 6.07) is 17.8. The summed E-state index contributed by atoms with van der Waals surface area (Å²) < 4.78 is 30.8. The SMILES string of the molecule is COc1ccc(N2[C@H](P(=O)(OC(C)C)OC(C)C)[C@@H]2c2ccccc2)cc1. The van der Waals surface area contributed by atoms with Gasteiger partial charge in [-0.25, -0.2) is 0 Å². The van der Waals surface area contributed by atoms with Crippen molar-refractivity contribution in [3.63, 3.8) is 0 Å². The highest BCUT2D eigenvalue weighted by molar-refractivity contribution is 7.55. The Bertz CT molecular complexity index is 778. The molecule has 0 amide bonds. The smallest absolute Gasteiger partial charge is 0.355 e. The molecule has 1 aliphatic rings. The first-order valence-electron chi connectivity index (χ1n) is 9.29. The zero-order chi connectivity index (χ0) is 19.6. The third kappa shape index (κ3) is 4.37. The number of hydrogen-bond donors (Lipinski definition) is 0. The third-order valence-electron chi connectivity index (χ3n) is 4.33. The van der Waals surface area contributed by atoms with Crippen LogP contribution in [0.25, 0.3) is 0 Å². The molecule has 1 fully saturated rings. The van der Waals surface area contributed by atoms with Gasteiger partial charge in [0.25, 0.3) is 0 Å². The molecule has 6 heteroatoms. The molecule has 2 aromatic carbocycles. The lowest BCUT2D eigenvalue weighted by Crippen LogP contribution is -2.13. The van der Waals surface area contributed by atoms with Gasteiger partial charge in [-0.3, -0.25) is 4.57 Å². The van der Waals surface area contributed by atoms with Crippen LogP contribution in [0, 0.1) is 0 Å². The maximum Gasteiger partial charge on any atom is 0.355 e. The molecule has 1 aliphatic heterocycles. The molecule has 146 valence electrons. The van der Waals surface area contributed by atoms with Gasteiger partial charge in [-0.05, 0) is 57.5 Å². The first kappa shape index (κ1) is 19.9. The Kier molecular flexibility index (Phi) is 5.95. The first-order chi connectivity index (χ1) is 12.9. The number of benzene rings is 2. The summed E-state index contributed by atoms with van der Waals surface area (Å²) in [4.78, 5) is 2.11. The number of hydrogen-bond acceptors (Lipinski definition) is 5. The van der Waals surface area contributed by atoms with Crippen LogP contribution in [-0.2, 0) is 13.6 Å². The van der Waals surface area contributed by atoms with E-state index in [1.807, 2.05) is 70.2 Å². The number of ether oxygens (including phenoxy) is 1. The maximum absolute atomic E-state index is 13.8. The van der Waals surface area contributed by atoms with Crippen molar-refractivity contribution >= 4 is 13.3 Å². The number of rotatable bonds is 8. The van der Waals surface area contributed by atoms with Crippen LogP contribution < -0.4 is 9.64 Å². The van der Waals surface area contributed by atoms with E-state index >= 15 is 0 Å². The highest BCUT2D eigenvalue weighted by atomic mass is 31.2. The Balaban J connectivity index is 1.99. The van der Waals surface area contributed by atoms with Gasteiger partial charge in [0, 0.05) is 5.69 Å². The lowest BCUT2D eigenvalue weighted by molar-refractivity contribution is 0.141. The number of anilines is 1. The second-order valence-electron chi connectivity index (χ2n) is 7.22. The van der Waals surface area contributed by atoms with Gasteiger partial charge in [0.05, 0.1) is 25.4 Å². The Morgan fingerprint density at radius 3 is 1.93 bits per heavy atom. The van der Waals surface area contributed by atoms with Crippen LogP contribution in [0.1, 0.15) is 39.3 Å². The molecule has 0 radical (unpaired) electrons. The van der Waals surface area contributed by atoms with Crippen molar-refractivity contribution in [1.82, 2.24) is 0 Å². The van der Waals surface area contributed by atoms with Crippen LogP contribution in [0.3, 0.4) is 0 Å². The normalized spacial score (nSPS) is 19.6. The number of methoxy groups -OCH3 is 1. The fourth-order valence-corrected chi connectivity index (χ4v) is 5.97. The molecule has 1 saturated heterocycles. The first-order valence-corrected chi connectivity index (χ1v) is 10.9. The molecule has 0 saturated carbocycles. The van der Waals surface area contributed by atoms with E-state index in [0.717, 1.165) is 17.0 Å². The van der Waals surface area contributed by atoms with Crippen LogP contribution in [0.4, 0.5) is 5.69 Å². The summed E-state index contributed by atoms with van der Waals surface area (Å²) in [6.45, 7) is 7.53. The Morgan fingerprint density at radius 2 is 1.44 bits per heavy atom. The van der Waals surface area contributed by atoms with Crippen LogP contribution in [-0.4, -0.2) is 25.1 Å². The zero-order valence-electron chi connectivity index (χ0n) is 16.5. The lowest BCUT2D eigenvalue weighted by Gasteiger charge is -2.23. The molecule has 5 nitrogen and oxygen atoms in total. The molecule has 2 atom stereocenters. The summed E-state index contributed by atoms with van der Waals surface area (Å²) in [5, 5.41) is 0. The summed E-state index contributed by atoms with van der Waals surface area (Å²) in [7, 11) is -1.72. The van der Waals surface area contributed by atoms with Crippen LogP contribution in [0.2, 0.25) is 0 Å². The molecular weight excluding hydrogens is 361 g/mol. The Labute approximate surface area is 161 Å². The second-order valence-corrected chi connectivity index (χ2v) is 9.25. The molecule has 1 heterocycles. The maximum atomic E-state index is 13.8. The molecule has 0 unspecified atom stereocenters. The van der Waals surface area contributed by atoms with E-state index < -0.39 is 7.60 Å². The van der Waals surface area contributed by atoms with Crippen molar-refractivity contribution in [3.8, 4) is 5.75 Å². The summed E-state index contributed by atoms with van der Waals surface area (Å²) in [6.07, 6.45) is -0.381. The predicted octanol–water partition coefficient (Wildman–Crippen LogP) is 5.63. The minimum absolute atomic E-state index is 0.0528. The fraction of sp³-hybridized carbons (Fsp3) is 0.429. The van der Waals surface area contributed by atoms with Crippen molar-refractivity contribution < 1.29 is 18.3 Å². The van der Waals surface area contributed by atoms with Crippen molar-refractivity contribution in [2.24, 2.45) is 0 Å². The summed E-state index contributed by atoms with van der Waals surface area (Å²) in [5.41, 5.74) is 2.06.